The second kappa shape index (κ2) is 8.25. The molecule has 0 spiro atoms. The topological polar surface area (TPSA) is 75.6 Å². The van der Waals surface area contributed by atoms with E-state index in [4.69, 9.17) is 4.74 Å². The van der Waals surface area contributed by atoms with Gasteiger partial charge in [-0.3, -0.25) is 9.59 Å². The van der Waals surface area contributed by atoms with Gasteiger partial charge in [0.1, 0.15) is 11.5 Å². The number of carbonyl (C=O) groups is 2. The quantitative estimate of drug-likeness (QED) is 0.336. The number of benzene rings is 4. The van der Waals surface area contributed by atoms with Crippen LogP contribution in [0.25, 0.3) is 21.5 Å². The highest BCUT2D eigenvalue weighted by atomic mass is 16.5. The first-order valence-electron chi connectivity index (χ1n) is 9.82. The first kappa shape index (κ1) is 19.5. The number of phenols is 1. The van der Waals surface area contributed by atoms with Crippen molar-refractivity contribution in [1.82, 2.24) is 0 Å². The van der Waals surface area contributed by atoms with Crippen LogP contribution in [0.5, 0.6) is 11.5 Å². The van der Waals surface area contributed by atoms with E-state index in [0.29, 0.717) is 24.3 Å². The molecule has 0 saturated carbocycles. The minimum Gasteiger partial charge on any atom is -0.507 e. The lowest BCUT2D eigenvalue weighted by molar-refractivity contribution is -0.134. The number of ether oxygens (including phenoxy) is 1. The van der Waals surface area contributed by atoms with Gasteiger partial charge in [0.25, 0.3) is 5.91 Å². The molecule has 150 valence electrons. The van der Waals surface area contributed by atoms with E-state index >= 15 is 0 Å². The summed E-state index contributed by atoms with van der Waals surface area (Å²) >= 11 is 0. The second-order valence-electron chi connectivity index (χ2n) is 7.05. The van der Waals surface area contributed by atoms with Gasteiger partial charge < -0.3 is 15.2 Å². The van der Waals surface area contributed by atoms with Crippen LogP contribution in [0.1, 0.15) is 30.1 Å². The van der Waals surface area contributed by atoms with Crippen LogP contribution in [-0.4, -0.2) is 17.0 Å². The van der Waals surface area contributed by atoms with Crippen molar-refractivity contribution in [2.45, 2.75) is 19.8 Å². The van der Waals surface area contributed by atoms with Crippen LogP contribution in [0.3, 0.4) is 0 Å². The predicted molar refractivity (Wildman–Crippen MR) is 118 cm³/mol. The van der Waals surface area contributed by atoms with Crippen LogP contribution in [-0.2, 0) is 4.79 Å². The van der Waals surface area contributed by atoms with Gasteiger partial charge in [0.05, 0.1) is 5.56 Å². The zero-order valence-corrected chi connectivity index (χ0v) is 16.5. The van der Waals surface area contributed by atoms with Crippen molar-refractivity contribution in [3.05, 3.63) is 78.4 Å². The standard InChI is InChI=1S/C25H21NO4/c1-2-7-24(28)30-23-13-6-10-18-19(23)11-5-12-21(18)26-25(29)20-14-16-8-3-4-9-17(16)15-22(20)27/h3-6,8-15,27H,2,7H2,1H3,(H,26,29). The normalized spacial score (nSPS) is 10.8. The Morgan fingerprint density at radius 3 is 2.37 bits per heavy atom. The van der Waals surface area contributed by atoms with E-state index in [-0.39, 0.29) is 17.3 Å². The summed E-state index contributed by atoms with van der Waals surface area (Å²) in [6.45, 7) is 1.92. The molecule has 5 heteroatoms. The van der Waals surface area contributed by atoms with Gasteiger partial charge in [-0.05, 0) is 41.5 Å². The monoisotopic (exact) mass is 399 g/mol. The molecule has 0 aromatic heterocycles. The molecule has 0 saturated heterocycles. The molecule has 0 radical (unpaired) electrons. The second-order valence-corrected chi connectivity index (χ2v) is 7.05. The van der Waals surface area contributed by atoms with E-state index in [2.05, 4.69) is 5.32 Å². The first-order valence-corrected chi connectivity index (χ1v) is 9.82. The van der Waals surface area contributed by atoms with Crippen LogP contribution >= 0.6 is 0 Å². The molecule has 0 aliphatic carbocycles. The molecule has 1 amide bonds. The molecule has 2 N–H and O–H groups in total. The van der Waals surface area contributed by atoms with E-state index in [0.717, 1.165) is 21.5 Å². The van der Waals surface area contributed by atoms with Crippen molar-refractivity contribution >= 4 is 39.1 Å². The van der Waals surface area contributed by atoms with Crippen molar-refractivity contribution in [3.63, 3.8) is 0 Å². The molecule has 0 bridgehead atoms. The van der Waals surface area contributed by atoms with Gasteiger partial charge in [0, 0.05) is 22.9 Å². The number of esters is 1. The number of phenolic OH excluding ortho intramolecular Hbond substituents is 1. The van der Waals surface area contributed by atoms with Gasteiger partial charge in [-0.2, -0.15) is 0 Å². The molecule has 0 atom stereocenters. The van der Waals surface area contributed by atoms with Crippen molar-refractivity contribution in [3.8, 4) is 11.5 Å². The van der Waals surface area contributed by atoms with Gasteiger partial charge >= 0.3 is 5.97 Å². The first-order chi connectivity index (χ1) is 14.6. The van der Waals surface area contributed by atoms with Gasteiger partial charge in [0.15, 0.2) is 0 Å². The maximum atomic E-state index is 12.9. The molecular formula is C25H21NO4. The molecule has 4 aromatic carbocycles. The Morgan fingerprint density at radius 1 is 0.900 bits per heavy atom. The number of hydrogen-bond acceptors (Lipinski definition) is 4. The molecule has 0 heterocycles. The summed E-state index contributed by atoms with van der Waals surface area (Å²) in [4.78, 5) is 24.8. The Bertz CT molecular complexity index is 1260. The Kier molecular flexibility index (Phi) is 5.35. The number of rotatable bonds is 5. The summed E-state index contributed by atoms with van der Waals surface area (Å²) in [7, 11) is 0. The third-order valence-electron chi connectivity index (χ3n) is 4.92. The van der Waals surface area contributed by atoms with Gasteiger partial charge in [-0.25, -0.2) is 0 Å². The average molecular weight is 399 g/mol. The van der Waals surface area contributed by atoms with Crippen LogP contribution in [0.15, 0.2) is 72.8 Å². The Balaban J connectivity index is 1.68. The molecule has 0 aliphatic heterocycles. The third kappa shape index (κ3) is 3.82. The number of amides is 1. The fraction of sp³-hybridized carbons (Fsp3) is 0.120. The molecule has 0 aliphatic rings. The minimum atomic E-state index is -0.417. The lowest BCUT2D eigenvalue weighted by Gasteiger charge is -2.13. The molecule has 4 aromatic rings. The lowest BCUT2D eigenvalue weighted by Crippen LogP contribution is -2.12. The Hall–Kier alpha value is -3.86. The number of fused-ring (bicyclic) bond motifs is 2. The zero-order valence-electron chi connectivity index (χ0n) is 16.5. The van der Waals surface area contributed by atoms with E-state index in [9.17, 15) is 14.7 Å². The van der Waals surface area contributed by atoms with Gasteiger partial charge in [-0.1, -0.05) is 55.5 Å². The van der Waals surface area contributed by atoms with Crippen molar-refractivity contribution < 1.29 is 19.4 Å². The van der Waals surface area contributed by atoms with Crippen molar-refractivity contribution in [2.75, 3.05) is 5.32 Å². The highest BCUT2D eigenvalue weighted by molar-refractivity contribution is 6.12. The number of hydrogen-bond donors (Lipinski definition) is 2. The minimum absolute atomic E-state index is 0.0828. The highest BCUT2D eigenvalue weighted by Gasteiger charge is 2.15. The van der Waals surface area contributed by atoms with E-state index in [1.165, 1.54) is 0 Å². The Labute approximate surface area is 173 Å². The number of nitrogens with one attached hydrogen (secondary N) is 1. The van der Waals surface area contributed by atoms with E-state index in [1.807, 2.05) is 43.3 Å². The smallest absolute Gasteiger partial charge is 0.311 e. The summed E-state index contributed by atoms with van der Waals surface area (Å²) in [5.74, 6) is -0.337. The number of aromatic hydroxyl groups is 1. The number of carbonyl (C=O) groups excluding carboxylic acids is 2. The van der Waals surface area contributed by atoms with Crippen LogP contribution in [0.4, 0.5) is 5.69 Å². The van der Waals surface area contributed by atoms with Crippen LogP contribution in [0.2, 0.25) is 0 Å². The maximum absolute atomic E-state index is 12.9. The highest BCUT2D eigenvalue weighted by Crippen LogP contribution is 2.32. The SMILES string of the molecule is CCCC(=O)Oc1cccc2c(NC(=O)c3cc4ccccc4cc3O)cccc12. The Morgan fingerprint density at radius 2 is 1.60 bits per heavy atom. The summed E-state index contributed by atoms with van der Waals surface area (Å²) in [5.41, 5.74) is 0.759. The maximum Gasteiger partial charge on any atom is 0.311 e. The van der Waals surface area contributed by atoms with E-state index in [1.54, 1.807) is 36.4 Å². The molecule has 0 unspecified atom stereocenters. The molecule has 4 rings (SSSR count). The van der Waals surface area contributed by atoms with Crippen molar-refractivity contribution in [2.24, 2.45) is 0 Å². The van der Waals surface area contributed by atoms with E-state index < -0.39 is 5.91 Å². The summed E-state index contributed by atoms with van der Waals surface area (Å²) in [5, 5.41) is 16.4. The zero-order chi connectivity index (χ0) is 21.1. The summed E-state index contributed by atoms with van der Waals surface area (Å²) in [6, 6.07) is 21.5. The fourth-order valence-corrected chi connectivity index (χ4v) is 3.46. The number of anilines is 1. The molecule has 5 nitrogen and oxygen atoms in total. The van der Waals surface area contributed by atoms with Crippen molar-refractivity contribution in [1.29, 1.82) is 0 Å². The third-order valence-corrected chi connectivity index (χ3v) is 4.92. The summed E-state index contributed by atoms with van der Waals surface area (Å²) in [6.07, 6.45) is 1.05. The lowest BCUT2D eigenvalue weighted by atomic mass is 10.0. The van der Waals surface area contributed by atoms with Crippen LogP contribution < -0.4 is 10.1 Å². The molecule has 0 fully saturated rings. The average Bonchev–Trinajstić information content (AvgIpc) is 2.74. The molecular weight excluding hydrogens is 378 g/mol. The van der Waals surface area contributed by atoms with Gasteiger partial charge in [0.2, 0.25) is 0 Å². The van der Waals surface area contributed by atoms with Gasteiger partial charge in [-0.15, -0.1) is 0 Å². The molecule has 30 heavy (non-hydrogen) atoms. The largest absolute Gasteiger partial charge is 0.507 e. The fourth-order valence-electron chi connectivity index (χ4n) is 3.46. The predicted octanol–water partition coefficient (Wildman–Crippen LogP) is 5.66. The van der Waals surface area contributed by atoms with Crippen LogP contribution in [0, 0.1) is 0 Å². The summed E-state index contributed by atoms with van der Waals surface area (Å²) < 4.78 is 5.49.